The van der Waals surface area contributed by atoms with Gasteiger partial charge in [0, 0.05) is 32.3 Å². The number of nitrogens with zero attached hydrogens (tertiary/aromatic N) is 2. The summed E-state index contributed by atoms with van der Waals surface area (Å²) in [6.45, 7) is 5.61. The molecule has 8 heteroatoms. The molecular weight excluding hydrogens is 416 g/mol. The van der Waals surface area contributed by atoms with Crippen LogP contribution in [0.15, 0.2) is 53.4 Å². The van der Waals surface area contributed by atoms with Crippen LogP contribution in [0.2, 0.25) is 0 Å². The van der Waals surface area contributed by atoms with Crippen molar-refractivity contribution in [3.05, 3.63) is 59.7 Å². The van der Waals surface area contributed by atoms with Gasteiger partial charge in [0.1, 0.15) is 0 Å². The molecule has 2 aliphatic heterocycles. The maximum absolute atomic E-state index is 12.9. The molecule has 0 aromatic heterocycles. The van der Waals surface area contributed by atoms with E-state index in [-0.39, 0.29) is 25.8 Å². The van der Waals surface area contributed by atoms with Gasteiger partial charge in [-0.2, -0.15) is 4.31 Å². The number of rotatable bonds is 5. The third-order valence-electron chi connectivity index (χ3n) is 5.55. The Kier molecular flexibility index (Phi) is 6.02. The molecule has 2 aromatic carbocycles. The van der Waals surface area contributed by atoms with E-state index in [2.05, 4.69) is 13.8 Å². The molecule has 0 aliphatic carbocycles. The number of hydrogen-bond acceptors (Lipinski definition) is 5. The minimum absolute atomic E-state index is 0.143. The van der Waals surface area contributed by atoms with Gasteiger partial charge in [-0.1, -0.05) is 32.0 Å². The molecule has 4 rings (SSSR count). The molecule has 31 heavy (non-hydrogen) atoms. The number of piperazine rings is 1. The summed E-state index contributed by atoms with van der Waals surface area (Å²) in [5.74, 6) is 1.56. The summed E-state index contributed by atoms with van der Waals surface area (Å²) in [6.07, 6.45) is 3.23. The number of amides is 1. The minimum atomic E-state index is -3.56. The van der Waals surface area contributed by atoms with Crippen LogP contribution < -0.4 is 9.47 Å². The van der Waals surface area contributed by atoms with Crippen molar-refractivity contribution in [2.75, 3.05) is 33.0 Å². The average molecular weight is 443 g/mol. The Hall–Kier alpha value is -2.84. The van der Waals surface area contributed by atoms with Crippen molar-refractivity contribution in [1.29, 1.82) is 0 Å². The third-order valence-corrected chi connectivity index (χ3v) is 7.46. The number of sulfonamides is 1. The average Bonchev–Trinajstić information content (AvgIpc) is 3.25. The van der Waals surface area contributed by atoms with E-state index in [0.717, 1.165) is 11.1 Å². The summed E-state index contributed by atoms with van der Waals surface area (Å²) >= 11 is 0. The van der Waals surface area contributed by atoms with Crippen LogP contribution in [0, 0.1) is 0 Å². The van der Waals surface area contributed by atoms with Gasteiger partial charge in [-0.05, 0) is 47.4 Å². The number of benzene rings is 2. The maximum atomic E-state index is 12.9. The van der Waals surface area contributed by atoms with Crippen molar-refractivity contribution < 1.29 is 22.7 Å². The predicted molar refractivity (Wildman–Crippen MR) is 117 cm³/mol. The summed E-state index contributed by atoms with van der Waals surface area (Å²) in [6, 6.07) is 12.5. The topological polar surface area (TPSA) is 76.2 Å². The Labute approximate surface area is 182 Å². The second-order valence-electron chi connectivity index (χ2n) is 7.90. The van der Waals surface area contributed by atoms with Crippen LogP contribution >= 0.6 is 0 Å². The molecule has 0 atom stereocenters. The number of carbonyl (C=O) groups excluding carboxylic acids is 1. The lowest BCUT2D eigenvalue weighted by Crippen LogP contribution is -2.50. The van der Waals surface area contributed by atoms with E-state index >= 15 is 0 Å². The highest BCUT2D eigenvalue weighted by Crippen LogP contribution is 2.32. The van der Waals surface area contributed by atoms with Crippen LogP contribution in [0.25, 0.3) is 6.08 Å². The van der Waals surface area contributed by atoms with Gasteiger partial charge in [-0.3, -0.25) is 4.79 Å². The molecule has 1 saturated heterocycles. The van der Waals surface area contributed by atoms with Crippen LogP contribution in [0.4, 0.5) is 0 Å². The number of carbonyl (C=O) groups is 1. The van der Waals surface area contributed by atoms with Gasteiger partial charge in [-0.25, -0.2) is 8.42 Å². The molecular formula is C23H26N2O5S. The summed E-state index contributed by atoms with van der Waals surface area (Å²) < 4.78 is 37.9. The van der Waals surface area contributed by atoms with Gasteiger partial charge in [-0.15, -0.1) is 0 Å². The highest BCUT2D eigenvalue weighted by Gasteiger charge is 2.29. The Morgan fingerprint density at radius 2 is 1.65 bits per heavy atom. The fourth-order valence-electron chi connectivity index (χ4n) is 3.61. The van der Waals surface area contributed by atoms with Crippen LogP contribution in [-0.2, 0) is 14.8 Å². The first-order chi connectivity index (χ1) is 14.8. The van der Waals surface area contributed by atoms with E-state index in [1.807, 2.05) is 30.3 Å². The van der Waals surface area contributed by atoms with Gasteiger partial charge in [0.25, 0.3) is 0 Å². The molecule has 0 radical (unpaired) electrons. The zero-order chi connectivity index (χ0) is 22.0. The lowest BCUT2D eigenvalue weighted by atomic mass is 10.0. The molecule has 7 nitrogen and oxygen atoms in total. The predicted octanol–water partition coefficient (Wildman–Crippen LogP) is 3.09. The Bertz CT molecular complexity index is 1090. The molecule has 0 saturated carbocycles. The molecule has 2 aliphatic rings. The van der Waals surface area contributed by atoms with Crippen molar-refractivity contribution in [2.45, 2.75) is 24.7 Å². The van der Waals surface area contributed by atoms with Crippen molar-refractivity contribution in [3.8, 4) is 11.5 Å². The van der Waals surface area contributed by atoms with Gasteiger partial charge in [0.2, 0.25) is 22.7 Å². The zero-order valence-electron chi connectivity index (χ0n) is 17.7. The van der Waals surface area contributed by atoms with Crippen molar-refractivity contribution in [2.24, 2.45) is 0 Å². The first-order valence-electron chi connectivity index (χ1n) is 10.3. The van der Waals surface area contributed by atoms with Crippen LogP contribution in [-0.4, -0.2) is 56.5 Å². The Morgan fingerprint density at radius 1 is 0.968 bits per heavy atom. The molecule has 164 valence electrons. The van der Waals surface area contributed by atoms with Crippen molar-refractivity contribution in [3.63, 3.8) is 0 Å². The van der Waals surface area contributed by atoms with E-state index in [0.29, 0.717) is 35.4 Å². The van der Waals surface area contributed by atoms with Crippen LogP contribution in [0.1, 0.15) is 30.9 Å². The monoisotopic (exact) mass is 442 g/mol. The number of ether oxygens (including phenoxy) is 2. The molecule has 2 aromatic rings. The quantitative estimate of drug-likeness (QED) is 0.665. The van der Waals surface area contributed by atoms with E-state index in [9.17, 15) is 13.2 Å². The normalized spacial score (nSPS) is 16.9. The van der Waals surface area contributed by atoms with Crippen LogP contribution in [0.5, 0.6) is 11.5 Å². The summed E-state index contributed by atoms with van der Waals surface area (Å²) in [7, 11) is -3.56. The van der Waals surface area contributed by atoms with E-state index in [1.54, 1.807) is 23.1 Å². The standard InChI is InChI=1S/C23H26N2O5S/c1-17(2)19-5-7-20(8-6-19)31(27,28)25-13-11-24(12-14-25)23(26)10-4-18-3-9-21-22(15-18)30-16-29-21/h3-10,15,17H,11-14,16H2,1-2H3/b10-4+. The first-order valence-corrected chi connectivity index (χ1v) is 11.8. The van der Waals surface area contributed by atoms with E-state index in [4.69, 9.17) is 9.47 Å². The van der Waals surface area contributed by atoms with E-state index in [1.165, 1.54) is 10.4 Å². The van der Waals surface area contributed by atoms with Gasteiger partial charge >= 0.3 is 0 Å². The highest BCUT2D eigenvalue weighted by molar-refractivity contribution is 7.89. The number of hydrogen-bond donors (Lipinski definition) is 0. The summed E-state index contributed by atoms with van der Waals surface area (Å²) in [5.41, 5.74) is 1.94. The van der Waals surface area contributed by atoms with Gasteiger partial charge in [0.15, 0.2) is 11.5 Å². The smallest absolute Gasteiger partial charge is 0.246 e. The molecule has 1 amide bonds. The Morgan fingerprint density at radius 3 is 2.32 bits per heavy atom. The van der Waals surface area contributed by atoms with Crippen molar-refractivity contribution in [1.82, 2.24) is 9.21 Å². The molecule has 0 unspecified atom stereocenters. The van der Waals surface area contributed by atoms with E-state index < -0.39 is 10.0 Å². The molecule has 2 heterocycles. The van der Waals surface area contributed by atoms with Gasteiger partial charge in [0.05, 0.1) is 4.90 Å². The maximum Gasteiger partial charge on any atom is 0.246 e. The fraction of sp³-hybridized carbons (Fsp3) is 0.348. The zero-order valence-corrected chi connectivity index (χ0v) is 18.5. The lowest BCUT2D eigenvalue weighted by molar-refractivity contribution is -0.127. The summed E-state index contributed by atoms with van der Waals surface area (Å²) in [5, 5.41) is 0. The largest absolute Gasteiger partial charge is 0.454 e. The first kappa shape index (κ1) is 21.4. The molecule has 0 bridgehead atoms. The second-order valence-corrected chi connectivity index (χ2v) is 9.84. The van der Waals surface area contributed by atoms with Gasteiger partial charge < -0.3 is 14.4 Å². The minimum Gasteiger partial charge on any atom is -0.454 e. The number of fused-ring (bicyclic) bond motifs is 1. The molecule has 0 N–H and O–H groups in total. The Balaban J connectivity index is 1.36. The lowest BCUT2D eigenvalue weighted by Gasteiger charge is -2.33. The summed E-state index contributed by atoms with van der Waals surface area (Å²) in [4.78, 5) is 14.5. The molecule has 0 spiro atoms. The third kappa shape index (κ3) is 4.60. The van der Waals surface area contributed by atoms with Crippen molar-refractivity contribution >= 4 is 22.0 Å². The van der Waals surface area contributed by atoms with Crippen LogP contribution in [0.3, 0.4) is 0 Å². The molecule has 1 fully saturated rings. The SMILES string of the molecule is CC(C)c1ccc(S(=O)(=O)N2CCN(C(=O)/C=C/c3ccc4c(c3)OCO4)CC2)cc1. The fourth-order valence-corrected chi connectivity index (χ4v) is 5.03. The second kappa shape index (κ2) is 8.72. The highest BCUT2D eigenvalue weighted by atomic mass is 32.2.